The fraction of sp³-hybridized carbons (Fsp3) is 0.250. The Hall–Kier alpha value is -3.96. The number of rotatable bonds is 9. The standard InChI is InChI=1S/C20H17F3N2O7/c1-2-32-16(26)9-13(10-3-5-12(6-4-10)25(30)31)18(20(28)29)24-19(27)17-14(22)7-11(21)8-15(17)23/h3-8,13,18H,2,9H2,1H3,(H,24,27)(H,28,29)/t13-,18+/m1/s1. The smallest absolute Gasteiger partial charge is 0.326 e. The van der Waals surface area contributed by atoms with Gasteiger partial charge in [0.05, 0.1) is 18.0 Å². The molecule has 2 aromatic rings. The van der Waals surface area contributed by atoms with E-state index in [-0.39, 0.29) is 30.0 Å². The third-order valence-corrected chi connectivity index (χ3v) is 4.41. The molecule has 9 nitrogen and oxygen atoms in total. The lowest BCUT2D eigenvalue weighted by Crippen LogP contribution is -2.46. The largest absolute Gasteiger partial charge is 0.480 e. The van der Waals surface area contributed by atoms with Gasteiger partial charge in [-0.25, -0.2) is 18.0 Å². The molecule has 0 aliphatic heterocycles. The number of nitrogens with zero attached hydrogens (tertiary/aromatic N) is 1. The van der Waals surface area contributed by atoms with E-state index in [4.69, 9.17) is 4.74 Å². The molecule has 2 rings (SSSR count). The van der Waals surface area contributed by atoms with Crippen molar-refractivity contribution in [1.82, 2.24) is 5.32 Å². The average Bonchev–Trinajstić information content (AvgIpc) is 2.70. The van der Waals surface area contributed by atoms with Crippen LogP contribution in [0, 0.1) is 27.6 Å². The number of nitro groups is 1. The maximum atomic E-state index is 13.9. The minimum Gasteiger partial charge on any atom is -0.480 e. The highest BCUT2D eigenvalue weighted by Crippen LogP contribution is 2.27. The first-order chi connectivity index (χ1) is 15.0. The molecule has 2 N–H and O–H groups in total. The lowest BCUT2D eigenvalue weighted by atomic mass is 9.88. The van der Waals surface area contributed by atoms with E-state index in [2.05, 4.69) is 0 Å². The molecule has 0 saturated heterocycles. The summed E-state index contributed by atoms with van der Waals surface area (Å²) in [5.41, 5.74) is -1.41. The van der Waals surface area contributed by atoms with E-state index in [1.54, 1.807) is 0 Å². The second-order valence-corrected chi connectivity index (χ2v) is 6.50. The molecule has 0 aliphatic carbocycles. The van der Waals surface area contributed by atoms with E-state index in [0.717, 1.165) is 12.1 Å². The van der Waals surface area contributed by atoms with Crippen LogP contribution in [0.1, 0.15) is 35.2 Å². The van der Waals surface area contributed by atoms with Crippen molar-refractivity contribution >= 4 is 23.5 Å². The van der Waals surface area contributed by atoms with Crippen molar-refractivity contribution in [2.45, 2.75) is 25.3 Å². The lowest BCUT2D eigenvalue weighted by Gasteiger charge is -2.25. The number of halogens is 3. The number of hydrogen-bond acceptors (Lipinski definition) is 6. The second-order valence-electron chi connectivity index (χ2n) is 6.50. The van der Waals surface area contributed by atoms with Crippen LogP contribution in [0.5, 0.6) is 0 Å². The van der Waals surface area contributed by atoms with Crippen LogP contribution in [0.25, 0.3) is 0 Å². The van der Waals surface area contributed by atoms with Crippen molar-refractivity contribution in [3.63, 3.8) is 0 Å². The van der Waals surface area contributed by atoms with Crippen LogP contribution in [-0.2, 0) is 14.3 Å². The zero-order chi connectivity index (χ0) is 24.0. The van der Waals surface area contributed by atoms with Gasteiger partial charge in [-0.05, 0) is 12.5 Å². The number of ether oxygens (including phenoxy) is 1. The summed E-state index contributed by atoms with van der Waals surface area (Å²) in [6, 6.07) is 3.10. The molecule has 0 unspecified atom stereocenters. The Bertz CT molecular complexity index is 1020. The molecule has 2 aromatic carbocycles. The monoisotopic (exact) mass is 454 g/mol. The van der Waals surface area contributed by atoms with Gasteiger partial charge in [0.15, 0.2) is 0 Å². The summed E-state index contributed by atoms with van der Waals surface area (Å²) < 4.78 is 45.8. The molecule has 0 heterocycles. The van der Waals surface area contributed by atoms with Crippen molar-refractivity contribution < 1.29 is 42.3 Å². The van der Waals surface area contributed by atoms with E-state index in [9.17, 15) is 42.8 Å². The maximum absolute atomic E-state index is 13.9. The summed E-state index contributed by atoms with van der Waals surface area (Å²) in [6.45, 7) is 1.48. The number of carbonyl (C=O) groups is 3. The number of carboxylic acids is 1. The van der Waals surface area contributed by atoms with Crippen molar-refractivity contribution in [3.05, 3.63) is 75.1 Å². The van der Waals surface area contributed by atoms with Crippen LogP contribution >= 0.6 is 0 Å². The summed E-state index contributed by atoms with van der Waals surface area (Å²) in [4.78, 5) is 46.5. The minimum absolute atomic E-state index is 0.0259. The van der Waals surface area contributed by atoms with Gasteiger partial charge in [-0.15, -0.1) is 0 Å². The number of carbonyl (C=O) groups excluding carboxylic acids is 2. The third-order valence-electron chi connectivity index (χ3n) is 4.41. The summed E-state index contributed by atoms with van der Waals surface area (Å²) in [5.74, 6) is -9.70. The molecule has 0 aliphatic rings. The fourth-order valence-corrected chi connectivity index (χ4v) is 2.98. The molecule has 0 radical (unpaired) electrons. The van der Waals surface area contributed by atoms with E-state index in [0.29, 0.717) is 0 Å². The Labute approximate surface area is 178 Å². The first-order valence-electron chi connectivity index (χ1n) is 9.13. The van der Waals surface area contributed by atoms with Gasteiger partial charge in [0.1, 0.15) is 29.1 Å². The van der Waals surface area contributed by atoms with Gasteiger partial charge in [0.2, 0.25) is 0 Å². The quantitative estimate of drug-likeness (QED) is 0.338. The second kappa shape index (κ2) is 10.4. The molecule has 0 aromatic heterocycles. The van der Waals surface area contributed by atoms with Crippen molar-refractivity contribution in [3.8, 4) is 0 Å². The fourth-order valence-electron chi connectivity index (χ4n) is 2.98. The predicted octanol–water partition coefficient (Wildman–Crippen LogP) is 2.93. The van der Waals surface area contributed by atoms with Crippen LogP contribution in [0.4, 0.5) is 18.9 Å². The number of benzene rings is 2. The molecule has 0 spiro atoms. The summed E-state index contributed by atoms with van der Waals surface area (Å²) in [7, 11) is 0. The van der Waals surface area contributed by atoms with Gasteiger partial charge < -0.3 is 15.2 Å². The van der Waals surface area contributed by atoms with Crippen LogP contribution in [-0.4, -0.2) is 40.5 Å². The van der Waals surface area contributed by atoms with Crippen molar-refractivity contribution in [2.24, 2.45) is 0 Å². The van der Waals surface area contributed by atoms with Crippen molar-refractivity contribution in [1.29, 1.82) is 0 Å². The molecule has 2 atom stereocenters. The number of aliphatic carboxylic acids is 1. The average molecular weight is 454 g/mol. The number of non-ortho nitro benzene ring substituents is 1. The minimum atomic E-state index is -1.89. The van der Waals surface area contributed by atoms with E-state index in [1.807, 2.05) is 5.32 Å². The molecule has 32 heavy (non-hydrogen) atoms. The molecule has 0 saturated carbocycles. The molecule has 0 fully saturated rings. The Morgan fingerprint density at radius 2 is 1.69 bits per heavy atom. The predicted molar refractivity (Wildman–Crippen MR) is 102 cm³/mol. The molecule has 170 valence electrons. The summed E-state index contributed by atoms with van der Waals surface area (Å²) >= 11 is 0. The first-order valence-corrected chi connectivity index (χ1v) is 9.13. The topological polar surface area (TPSA) is 136 Å². The van der Waals surface area contributed by atoms with Gasteiger partial charge in [0, 0.05) is 30.2 Å². The highest BCUT2D eigenvalue weighted by Gasteiger charge is 2.35. The summed E-state index contributed by atoms with van der Waals surface area (Å²) in [5, 5.41) is 22.4. The van der Waals surface area contributed by atoms with Gasteiger partial charge in [-0.2, -0.15) is 0 Å². The normalized spacial score (nSPS) is 12.5. The van der Waals surface area contributed by atoms with Crippen molar-refractivity contribution in [2.75, 3.05) is 6.61 Å². The zero-order valence-electron chi connectivity index (χ0n) is 16.5. The highest BCUT2D eigenvalue weighted by atomic mass is 19.1. The SMILES string of the molecule is CCOC(=O)C[C@H](c1ccc([N+](=O)[O-])cc1)[C@H](NC(=O)c1c(F)cc(F)cc1F)C(=O)O. The van der Waals surface area contributed by atoms with E-state index < -0.39 is 64.2 Å². The van der Waals surface area contributed by atoms with Gasteiger partial charge >= 0.3 is 11.9 Å². The molecule has 1 amide bonds. The lowest BCUT2D eigenvalue weighted by molar-refractivity contribution is -0.384. The Morgan fingerprint density at radius 1 is 1.12 bits per heavy atom. The van der Waals surface area contributed by atoms with Crippen LogP contribution < -0.4 is 5.32 Å². The number of carboxylic acid groups (broad SMARTS) is 1. The van der Waals surface area contributed by atoms with Crippen LogP contribution in [0.3, 0.4) is 0 Å². The van der Waals surface area contributed by atoms with Gasteiger partial charge in [-0.1, -0.05) is 12.1 Å². The van der Waals surface area contributed by atoms with Gasteiger partial charge in [0.25, 0.3) is 11.6 Å². The molecule has 0 bridgehead atoms. The molecular weight excluding hydrogens is 437 g/mol. The van der Waals surface area contributed by atoms with Gasteiger partial charge in [-0.3, -0.25) is 19.7 Å². The Kier molecular flexibility index (Phi) is 7.88. The first kappa shape index (κ1) is 24.3. The molecular formula is C20H17F3N2O7. The number of esters is 1. The van der Waals surface area contributed by atoms with E-state index >= 15 is 0 Å². The van der Waals surface area contributed by atoms with E-state index in [1.165, 1.54) is 19.1 Å². The third kappa shape index (κ3) is 5.80. The summed E-state index contributed by atoms with van der Waals surface area (Å²) in [6.07, 6.45) is -0.572. The Balaban J connectivity index is 2.44. The van der Waals surface area contributed by atoms with Crippen LogP contribution in [0.15, 0.2) is 36.4 Å². The number of hydrogen-bond donors (Lipinski definition) is 2. The van der Waals surface area contributed by atoms with Crippen LogP contribution in [0.2, 0.25) is 0 Å². The molecule has 12 heteroatoms. The maximum Gasteiger partial charge on any atom is 0.326 e. The Morgan fingerprint density at radius 3 is 2.16 bits per heavy atom. The highest BCUT2D eigenvalue weighted by molar-refractivity contribution is 5.97. The zero-order valence-corrected chi connectivity index (χ0v) is 16.5. The number of amides is 1. The number of nitrogens with one attached hydrogen (secondary N) is 1. The number of nitro benzene ring substituents is 1.